The van der Waals surface area contributed by atoms with E-state index in [4.69, 9.17) is 11.2 Å². The van der Waals surface area contributed by atoms with Crippen molar-refractivity contribution in [2.45, 2.75) is 33.0 Å². The standard InChI is InChI=1S/C20H21BrO2/c1-4-20(2,3)13-17(22)19-16(21)11-8-12-18(19)23-14-15-9-6-5-7-10-15/h1,5-12,17,22H,13-14H2,2-3H3. The molecule has 2 aromatic rings. The van der Waals surface area contributed by atoms with Crippen molar-refractivity contribution in [3.05, 3.63) is 64.1 Å². The molecular weight excluding hydrogens is 352 g/mol. The maximum Gasteiger partial charge on any atom is 0.126 e. The monoisotopic (exact) mass is 372 g/mol. The lowest BCUT2D eigenvalue weighted by Crippen LogP contribution is -2.15. The second-order valence-corrected chi connectivity index (χ2v) is 7.03. The molecule has 0 bridgehead atoms. The summed E-state index contributed by atoms with van der Waals surface area (Å²) < 4.78 is 6.75. The zero-order valence-electron chi connectivity index (χ0n) is 13.4. The van der Waals surface area contributed by atoms with Crippen molar-refractivity contribution in [3.63, 3.8) is 0 Å². The third kappa shape index (κ3) is 4.86. The minimum Gasteiger partial charge on any atom is -0.488 e. The van der Waals surface area contributed by atoms with Crippen molar-refractivity contribution in [1.82, 2.24) is 0 Å². The molecule has 0 heterocycles. The Kier molecular flexibility index (Phi) is 5.87. The van der Waals surface area contributed by atoms with Crippen LogP contribution in [0.2, 0.25) is 0 Å². The van der Waals surface area contributed by atoms with Gasteiger partial charge in [-0.2, -0.15) is 0 Å². The van der Waals surface area contributed by atoms with Gasteiger partial charge in [0.15, 0.2) is 0 Å². The van der Waals surface area contributed by atoms with Gasteiger partial charge in [0.25, 0.3) is 0 Å². The van der Waals surface area contributed by atoms with Crippen molar-refractivity contribution in [3.8, 4) is 18.1 Å². The molecule has 0 saturated heterocycles. The molecule has 0 aliphatic heterocycles. The lowest BCUT2D eigenvalue weighted by Gasteiger charge is -2.24. The SMILES string of the molecule is C#CC(C)(C)CC(O)c1c(Br)cccc1OCc1ccccc1. The van der Waals surface area contributed by atoms with Crippen LogP contribution in [0.5, 0.6) is 5.75 Å². The predicted octanol–water partition coefficient (Wildman–Crippen LogP) is 5.11. The van der Waals surface area contributed by atoms with Crippen molar-refractivity contribution in [2.24, 2.45) is 5.41 Å². The molecule has 0 saturated carbocycles. The number of benzene rings is 2. The normalized spacial score (nSPS) is 12.5. The van der Waals surface area contributed by atoms with Gasteiger partial charge in [-0.15, -0.1) is 12.3 Å². The Morgan fingerprint density at radius 3 is 2.52 bits per heavy atom. The summed E-state index contributed by atoms with van der Waals surface area (Å²) in [5.41, 5.74) is 1.44. The third-order valence-corrected chi connectivity index (χ3v) is 4.37. The van der Waals surface area contributed by atoms with E-state index in [1.807, 2.05) is 62.4 Å². The molecule has 1 N–H and O–H groups in total. The Morgan fingerprint density at radius 1 is 1.17 bits per heavy atom. The van der Waals surface area contributed by atoms with E-state index in [9.17, 15) is 5.11 Å². The van der Waals surface area contributed by atoms with E-state index in [-0.39, 0.29) is 5.41 Å². The summed E-state index contributed by atoms with van der Waals surface area (Å²) in [5.74, 6) is 3.39. The van der Waals surface area contributed by atoms with Crippen molar-refractivity contribution in [2.75, 3.05) is 0 Å². The number of ether oxygens (including phenoxy) is 1. The second-order valence-electron chi connectivity index (χ2n) is 6.17. The molecule has 0 amide bonds. The molecule has 0 fully saturated rings. The van der Waals surface area contributed by atoms with Crippen LogP contribution in [-0.2, 0) is 6.61 Å². The molecule has 0 radical (unpaired) electrons. The second kappa shape index (κ2) is 7.68. The zero-order valence-corrected chi connectivity index (χ0v) is 15.0. The molecule has 0 spiro atoms. The van der Waals surface area contributed by atoms with Crippen LogP contribution in [0.3, 0.4) is 0 Å². The van der Waals surface area contributed by atoms with E-state index < -0.39 is 6.10 Å². The fraction of sp³-hybridized carbons (Fsp3) is 0.300. The molecule has 2 nitrogen and oxygen atoms in total. The van der Waals surface area contributed by atoms with E-state index in [2.05, 4.69) is 21.9 Å². The van der Waals surface area contributed by atoms with Crippen molar-refractivity contribution in [1.29, 1.82) is 0 Å². The minimum atomic E-state index is -0.692. The average Bonchev–Trinajstić information content (AvgIpc) is 2.53. The number of hydrogen-bond donors (Lipinski definition) is 1. The summed E-state index contributed by atoms with van der Waals surface area (Å²) in [7, 11) is 0. The summed E-state index contributed by atoms with van der Waals surface area (Å²) in [6.45, 7) is 4.34. The number of hydrogen-bond acceptors (Lipinski definition) is 2. The molecule has 2 rings (SSSR count). The highest BCUT2D eigenvalue weighted by Gasteiger charge is 2.24. The number of aliphatic hydroxyl groups is 1. The Labute approximate surface area is 146 Å². The molecule has 1 unspecified atom stereocenters. The zero-order chi connectivity index (χ0) is 16.9. The minimum absolute atomic E-state index is 0.384. The average molecular weight is 373 g/mol. The number of rotatable bonds is 6. The summed E-state index contributed by atoms with van der Waals surface area (Å²) in [6, 6.07) is 15.6. The van der Waals surface area contributed by atoms with Crippen molar-refractivity contribution < 1.29 is 9.84 Å². The number of aliphatic hydroxyl groups excluding tert-OH is 1. The molecule has 0 aliphatic rings. The highest BCUT2D eigenvalue weighted by molar-refractivity contribution is 9.10. The highest BCUT2D eigenvalue weighted by atomic mass is 79.9. The fourth-order valence-corrected chi connectivity index (χ4v) is 2.96. The topological polar surface area (TPSA) is 29.5 Å². The van der Waals surface area contributed by atoms with Crippen LogP contribution in [-0.4, -0.2) is 5.11 Å². The van der Waals surface area contributed by atoms with Gasteiger partial charge in [-0.05, 0) is 38.0 Å². The smallest absolute Gasteiger partial charge is 0.126 e. The molecule has 1 atom stereocenters. The first-order valence-electron chi connectivity index (χ1n) is 7.54. The molecule has 2 aromatic carbocycles. The summed E-state index contributed by atoms with van der Waals surface area (Å²) in [5, 5.41) is 10.6. The first-order chi connectivity index (χ1) is 10.9. The van der Waals surface area contributed by atoms with Gasteiger partial charge >= 0.3 is 0 Å². The van der Waals surface area contributed by atoms with Crippen molar-refractivity contribution >= 4 is 15.9 Å². The molecule has 0 aliphatic carbocycles. The summed E-state index contributed by atoms with van der Waals surface area (Å²) in [4.78, 5) is 0. The van der Waals surface area contributed by atoms with E-state index >= 15 is 0 Å². The quantitative estimate of drug-likeness (QED) is 0.713. The lowest BCUT2D eigenvalue weighted by molar-refractivity contribution is 0.129. The van der Waals surface area contributed by atoms with Crippen LogP contribution in [0, 0.1) is 17.8 Å². The van der Waals surface area contributed by atoms with Crippen LogP contribution in [0.15, 0.2) is 53.0 Å². The molecule has 120 valence electrons. The van der Waals surface area contributed by atoms with Gasteiger partial charge in [-0.25, -0.2) is 0 Å². The van der Waals surface area contributed by atoms with Gasteiger partial charge in [-0.3, -0.25) is 0 Å². The van der Waals surface area contributed by atoms with Crippen LogP contribution in [0.1, 0.15) is 37.5 Å². The van der Waals surface area contributed by atoms with Gasteiger partial charge < -0.3 is 9.84 Å². The van der Waals surface area contributed by atoms with Crippen LogP contribution in [0.4, 0.5) is 0 Å². The Hall–Kier alpha value is -1.76. The lowest BCUT2D eigenvalue weighted by atomic mass is 9.85. The van der Waals surface area contributed by atoms with Gasteiger partial charge in [-0.1, -0.05) is 52.3 Å². The third-order valence-electron chi connectivity index (χ3n) is 3.68. The first-order valence-corrected chi connectivity index (χ1v) is 8.33. The number of halogens is 1. The molecule has 3 heteroatoms. The Bertz CT molecular complexity index is 687. The largest absolute Gasteiger partial charge is 0.488 e. The van der Waals surface area contributed by atoms with Gasteiger partial charge in [0, 0.05) is 15.5 Å². The number of terminal acetylenes is 1. The van der Waals surface area contributed by atoms with Crippen LogP contribution in [0.25, 0.3) is 0 Å². The van der Waals surface area contributed by atoms with Gasteiger partial charge in [0.1, 0.15) is 12.4 Å². The van der Waals surface area contributed by atoms with Gasteiger partial charge in [0.05, 0.1) is 6.10 Å². The Balaban J connectivity index is 2.21. The van der Waals surface area contributed by atoms with Crippen LogP contribution >= 0.6 is 15.9 Å². The summed E-state index contributed by atoms with van der Waals surface area (Å²) in [6.07, 6.45) is 5.31. The summed E-state index contributed by atoms with van der Waals surface area (Å²) >= 11 is 3.51. The maximum absolute atomic E-state index is 10.6. The fourth-order valence-electron chi connectivity index (χ4n) is 2.35. The van der Waals surface area contributed by atoms with Crippen LogP contribution < -0.4 is 4.74 Å². The van der Waals surface area contributed by atoms with E-state index in [0.29, 0.717) is 18.8 Å². The predicted molar refractivity (Wildman–Crippen MR) is 97.1 cm³/mol. The highest BCUT2D eigenvalue weighted by Crippen LogP contribution is 2.38. The van der Waals surface area contributed by atoms with Gasteiger partial charge in [0.2, 0.25) is 0 Å². The maximum atomic E-state index is 10.6. The molecule has 23 heavy (non-hydrogen) atoms. The molecular formula is C20H21BrO2. The molecule has 0 aromatic heterocycles. The van der Waals surface area contributed by atoms with E-state index in [1.165, 1.54) is 0 Å². The van der Waals surface area contributed by atoms with E-state index in [0.717, 1.165) is 15.6 Å². The van der Waals surface area contributed by atoms with E-state index in [1.54, 1.807) is 0 Å². The Morgan fingerprint density at radius 2 is 1.87 bits per heavy atom. The first kappa shape index (κ1) is 17.6.